The highest BCUT2D eigenvalue weighted by Gasteiger charge is 2.41. The zero-order valence-corrected chi connectivity index (χ0v) is 15.4. The average Bonchev–Trinajstić information content (AvgIpc) is 3.33. The summed E-state index contributed by atoms with van der Waals surface area (Å²) in [7, 11) is 0. The van der Waals surface area contributed by atoms with Crippen LogP contribution in [-0.2, 0) is 16.1 Å². The number of amides is 2. The number of thiazole rings is 1. The number of carbonyl (C=O) groups excluding carboxylic acids is 2. The molecule has 0 unspecified atom stereocenters. The summed E-state index contributed by atoms with van der Waals surface area (Å²) in [5.41, 5.74) is -0.114. The van der Waals surface area contributed by atoms with Gasteiger partial charge in [0.1, 0.15) is 5.41 Å². The summed E-state index contributed by atoms with van der Waals surface area (Å²) in [6, 6.07) is 6.10. The normalized spacial score (nSPS) is 15.5. The van der Waals surface area contributed by atoms with Gasteiger partial charge in [0, 0.05) is 17.2 Å². The molecule has 1 aliphatic rings. The lowest BCUT2D eigenvalue weighted by Gasteiger charge is -2.17. The predicted octanol–water partition coefficient (Wildman–Crippen LogP) is 3.53. The third-order valence-corrected chi connectivity index (χ3v) is 6.12. The van der Waals surface area contributed by atoms with Crippen molar-refractivity contribution in [2.45, 2.75) is 39.2 Å². The third kappa shape index (κ3) is 3.89. The van der Waals surface area contributed by atoms with Crippen LogP contribution in [0.4, 0.5) is 5.13 Å². The second-order valence-corrected chi connectivity index (χ2v) is 8.10. The average molecular weight is 374 g/mol. The van der Waals surface area contributed by atoms with Crippen molar-refractivity contribution in [3.05, 3.63) is 22.4 Å². The molecule has 2 heterocycles. The molecule has 0 aromatic carbocycles. The van der Waals surface area contributed by atoms with Crippen LogP contribution < -0.4 is 10.6 Å². The second-order valence-electron chi connectivity index (χ2n) is 6.07. The molecule has 8 heteroatoms. The van der Waals surface area contributed by atoms with E-state index in [0.29, 0.717) is 24.5 Å². The Morgan fingerprint density at radius 3 is 2.80 bits per heavy atom. The molecule has 2 aromatic heterocycles. The van der Waals surface area contributed by atoms with E-state index in [4.69, 9.17) is 0 Å². The summed E-state index contributed by atoms with van der Waals surface area (Å²) in [6.45, 7) is 1.99. The Labute approximate surface area is 153 Å². The van der Waals surface area contributed by atoms with E-state index in [1.54, 1.807) is 11.3 Å². The van der Waals surface area contributed by atoms with Crippen LogP contribution in [0.1, 0.15) is 37.5 Å². The van der Waals surface area contributed by atoms with Gasteiger partial charge in [-0.25, -0.2) is 4.98 Å². The predicted molar refractivity (Wildman–Crippen MR) is 98.1 cm³/mol. The maximum absolute atomic E-state index is 12.5. The van der Waals surface area contributed by atoms with Crippen molar-refractivity contribution < 1.29 is 9.59 Å². The maximum atomic E-state index is 12.5. The standard InChI is InChI=1S/C17H18N4O2S2/c1-11(22)19-8-12-4-5-14(25-12)13-9-24-16(20-13)21-15(23)17(10-18)6-2-3-7-17/h4-5,9H,2-3,6-8H2,1H3,(H,19,22)(H,20,21,23). The molecule has 1 saturated carbocycles. The number of nitrogens with zero attached hydrogens (tertiary/aromatic N) is 2. The van der Waals surface area contributed by atoms with E-state index in [2.05, 4.69) is 21.7 Å². The Kier molecular flexibility index (Phi) is 5.16. The number of rotatable bonds is 5. The first-order valence-corrected chi connectivity index (χ1v) is 9.74. The molecule has 0 bridgehead atoms. The lowest BCUT2D eigenvalue weighted by molar-refractivity contribution is -0.122. The zero-order valence-electron chi connectivity index (χ0n) is 13.8. The smallest absolute Gasteiger partial charge is 0.246 e. The van der Waals surface area contributed by atoms with Gasteiger partial charge in [-0.05, 0) is 25.0 Å². The summed E-state index contributed by atoms with van der Waals surface area (Å²) in [5.74, 6) is -0.308. The lowest BCUT2D eigenvalue weighted by Crippen LogP contribution is -2.32. The van der Waals surface area contributed by atoms with Gasteiger partial charge in [0.15, 0.2) is 5.13 Å². The second kappa shape index (κ2) is 7.33. The number of hydrogen-bond acceptors (Lipinski definition) is 6. The number of aromatic nitrogens is 1. The number of thiophene rings is 1. The van der Waals surface area contributed by atoms with Gasteiger partial charge in [0.05, 0.1) is 23.2 Å². The molecule has 1 aliphatic carbocycles. The van der Waals surface area contributed by atoms with Crippen molar-refractivity contribution in [2.24, 2.45) is 5.41 Å². The summed E-state index contributed by atoms with van der Waals surface area (Å²) in [6.07, 6.45) is 3.06. The minimum Gasteiger partial charge on any atom is -0.351 e. The molecule has 0 atom stereocenters. The highest BCUT2D eigenvalue weighted by Crippen LogP contribution is 2.39. The van der Waals surface area contributed by atoms with Crippen LogP contribution in [0.25, 0.3) is 10.6 Å². The monoisotopic (exact) mass is 374 g/mol. The minimum atomic E-state index is -0.902. The zero-order chi connectivity index (χ0) is 17.9. The molecule has 6 nitrogen and oxygen atoms in total. The highest BCUT2D eigenvalue weighted by molar-refractivity contribution is 7.17. The maximum Gasteiger partial charge on any atom is 0.246 e. The van der Waals surface area contributed by atoms with Crippen LogP contribution in [0, 0.1) is 16.7 Å². The van der Waals surface area contributed by atoms with E-state index in [9.17, 15) is 14.9 Å². The van der Waals surface area contributed by atoms with E-state index >= 15 is 0 Å². The van der Waals surface area contributed by atoms with E-state index in [-0.39, 0.29) is 11.8 Å². The topological polar surface area (TPSA) is 94.9 Å². The molecule has 25 heavy (non-hydrogen) atoms. The van der Waals surface area contributed by atoms with Crippen molar-refractivity contribution in [3.63, 3.8) is 0 Å². The van der Waals surface area contributed by atoms with Gasteiger partial charge in [-0.2, -0.15) is 5.26 Å². The third-order valence-electron chi connectivity index (χ3n) is 4.26. The Morgan fingerprint density at radius 2 is 2.12 bits per heavy atom. The Hall–Kier alpha value is -2.24. The van der Waals surface area contributed by atoms with E-state index in [0.717, 1.165) is 28.3 Å². The molecule has 130 valence electrons. The Balaban J connectivity index is 1.67. The van der Waals surface area contributed by atoms with Crippen LogP contribution in [0.2, 0.25) is 0 Å². The molecule has 0 spiro atoms. The van der Waals surface area contributed by atoms with Crippen molar-refractivity contribution >= 4 is 39.6 Å². The SMILES string of the molecule is CC(=O)NCc1ccc(-c2csc(NC(=O)C3(C#N)CCCC3)n2)s1. The number of hydrogen-bond donors (Lipinski definition) is 2. The first-order valence-electron chi connectivity index (χ1n) is 8.04. The van der Waals surface area contributed by atoms with Gasteiger partial charge in [0.2, 0.25) is 11.8 Å². The van der Waals surface area contributed by atoms with Crippen molar-refractivity contribution in [2.75, 3.05) is 5.32 Å². The van der Waals surface area contributed by atoms with Crippen LogP contribution in [-0.4, -0.2) is 16.8 Å². The van der Waals surface area contributed by atoms with Crippen LogP contribution in [0.5, 0.6) is 0 Å². The van der Waals surface area contributed by atoms with Crippen LogP contribution in [0.3, 0.4) is 0 Å². The van der Waals surface area contributed by atoms with Crippen molar-refractivity contribution in [3.8, 4) is 16.6 Å². The largest absolute Gasteiger partial charge is 0.351 e. The van der Waals surface area contributed by atoms with E-state index in [1.165, 1.54) is 18.3 Å². The van der Waals surface area contributed by atoms with Gasteiger partial charge in [-0.1, -0.05) is 12.8 Å². The number of nitrogens with one attached hydrogen (secondary N) is 2. The van der Waals surface area contributed by atoms with E-state index < -0.39 is 5.41 Å². The first kappa shape index (κ1) is 17.6. The van der Waals surface area contributed by atoms with Gasteiger partial charge >= 0.3 is 0 Å². The molecule has 2 aromatic rings. The first-order chi connectivity index (χ1) is 12.0. The molecule has 2 N–H and O–H groups in total. The summed E-state index contributed by atoms with van der Waals surface area (Å²) < 4.78 is 0. The fourth-order valence-electron chi connectivity index (χ4n) is 2.85. The molecule has 3 rings (SSSR count). The quantitative estimate of drug-likeness (QED) is 0.837. The molecule has 2 amide bonds. The summed E-state index contributed by atoms with van der Waals surface area (Å²) in [4.78, 5) is 29.9. The summed E-state index contributed by atoms with van der Waals surface area (Å²) in [5, 5.41) is 17.4. The van der Waals surface area contributed by atoms with Crippen molar-refractivity contribution in [1.82, 2.24) is 10.3 Å². The van der Waals surface area contributed by atoms with Crippen molar-refractivity contribution in [1.29, 1.82) is 5.26 Å². The fourth-order valence-corrected chi connectivity index (χ4v) is 4.54. The molecule has 0 radical (unpaired) electrons. The highest BCUT2D eigenvalue weighted by atomic mass is 32.1. The number of anilines is 1. The van der Waals surface area contributed by atoms with Crippen LogP contribution in [0.15, 0.2) is 17.5 Å². The van der Waals surface area contributed by atoms with E-state index in [1.807, 2.05) is 17.5 Å². The lowest BCUT2D eigenvalue weighted by atomic mass is 9.87. The fraction of sp³-hybridized carbons (Fsp3) is 0.412. The Morgan fingerprint density at radius 1 is 1.36 bits per heavy atom. The molecule has 0 saturated heterocycles. The van der Waals surface area contributed by atoms with Crippen LogP contribution >= 0.6 is 22.7 Å². The van der Waals surface area contributed by atoms with Gasteiger partial charge in [-0.3, -0.25) is 9.59 Å². The molecular formula is C17H18N4O2S2. The minimum absolute atomic E-state index is 0.0630. The Bertz CT molecular complexity index is 828. The molecule has 0 aliphatic heterocycles. The number of nitriles is 1. The molecular weight excluding hydrogens is 356 g/mol. The number of carbonyl (C=O) groups is 2. The van der Waals surface area contributed by atoms with Gasteiger partial charge in [-0.15, -0.1) is 22.7 Å². The summed E-state index contributed by atoms with van der Waals surface area (Å²) >= 11 is 2.91. The van der Waals surface area contributed by atoms with Gasteiger partial charge < -0.3 is 10.6 Å². The molecule has 1 fully saturated rings. The van der Waals surface area contributed by atoms with Gasteiger partial charge in [0.25, 0.3) is 0 Å².